The standard InChI is InChI=1S/C13H18N2OS/c1-4-8(2)12(14)13-15-10-6-5-9(16-3)7-11(10)17-13/h5-8,12H,4,14H2,1-3H3. The molecule has 2 unspecified atom stereocenters. The van der Waals surface area contributed by atoms with Crippen molar-refractivity contribution < 1.29 is 4.74 Å². The molecule has 0 spiro atoms. The van der Waals surface area contributed by atoms with Gasteiger partial charge >= 0.3 is 0 Å². The second kappa shape index (κ2) is 5.02. The van der Waals surface area contributed by atoms with E-state index in [1.165, 1.54) is 0 Å². The van der Waals surface area contributed by atoms with Gasteiger partial charge in [-0.1, -0.05) is 20.3 Å². The SMILES string of the molecule is CCC(C)C(N)c1nc2ccc(OC)cc2s1. The van der Waals surface area contributed by atoms with Gasteiger partial charge in [0.2, 0.25) is 0 Å². The van der Waals surface area contributed by atoms with Gasteiger partial charge in [-0.3, -0.25) is 0 Å². The third kappa shape index (κ3) is 2.42. The van der Waals surface area contributed by atoms with E-state index in [1.54, 1.807) is 18.4 Å². The van der Waals surface area contributed by atoms with Crippen LogP contribution in [0.1, 0.15) is 31.3 Å². The number of methoxy groups -OCH3 is 1. The van der Waals surface area contributed by atoms with Gasteiger partial charge in [0, 0.05) is 0 Å². The summed E-state index contributed by atoms with van der Waals surface area (Å²) in [6.45, 7) is 4.32. The lowest BCUT2D eigenvalue weighted by Gasteiger charge is -2.14. The van der Waals surface area contributed by atoms with E-state index in [0.29, 0.717) is 5.92 Å². The Morgan fingerprint density at radius 2 is 2.24 bits per heavy atom. The van der Waals surface area contributed by atoms with Crippen molar-refractivity contribution in [3.05, 3.63) is 23.2 Å². The minimum Gasteiger partial charge on any atom is -0.497 e. The molecule has 2 rings (SSSR count). The van der Waals surface area contributed by atoms with E-state index in [-0.39, 0.29) is 6.04 Å². The first kappa shape index (κ1) is 12.3. The maximum Gasteiger partial charge on any atom is 0.120 e. The second-order valence-electron chi connectivity index (χ2n) is 4.30. The van der Waals surface area contributed by atoms with E-state index < -0.39 is 0 Å². The van der Waals surface area contributed by atoms with Crippen LogP contribution in [0.15, 0.2) is 18.2 Å². The highest BCUT2D eigenvalue weighted by molar-refractivity contribution is 7.18. The molecule has 2 N–H and O–H groups in total. The monoisotopic (exact) mass is 250 g/mol. The zero-order valence-corrected chi connectivity index (χ0v) is 11.3. The van der Waals surface area contributed by atoms with Crippen LogP contribution in [0.4, 0.5) is 0 Å². The number of rotatable bonds is 4. The molecular formula is C13H18N2OS. The van der Waals surface area contributed by atoms with Gasteiger partial charge in [0.25, 0.3) is 0 Å². The van der Waals surface area contributed by atoms with Crippen LogP contribution >= 0.6 is 11.3 Å². The summed E-state index contributed by atoms with van der Waals surface area (Å²) in [6, 6.07) is 5.96. The van der Waals surface area contributed by atoms with Gasteiger partial charge in [-0.05, 0) is 24.1 Å². The van der Waals surface area contributed by atoms with Crippen LogP contribution in [0.2, 0.25) is 0 Å². The number of hydrogen-bond acceptors (Lipinski definition) is 4. The topological polar surface area (TPSA) is 48.1 Å². The number of ether oxygens (including phenoxy) is 1. The molecule has 0 aliphatic heterocycles. The van der Waals surface area contributed by atoms with Gasteiger partial charge in [0.1, 0.15) is 10.8 Å². The van der Waals surface area contributed by atoms with Crippen LogP contribution < -0.4 is 10.5 Å². The lowest BCUT2D eigenvalue weighted by Crippen LogP contribution is -2.18. The fourth-order valence-corrected chi connectivity index (χ4v) is 2.82. The molecule has 0 radical (unpaired) electrons. The summed E-state index contributed by atoms with van der Waals surface area (Å²) in [6.07, 6.45) is 1.07. The van der Waals surface area contributed by atoms with Crippen LogP contribution in [0.5, 0.6) is 5.75 Å². The lowest BCUT2D eigenvalue weighted by atomic mass is 10.0. The summed E-state index contributed by atoms with van der Waals surface area (Å²) in [5, 5.41) is 1.02. The largest absolute Gasteiger partial charge is 0.497 e. The maximum atomic E-state index is 6.20. The molecule has 1 aromatic heterocycles. The van der Waals surface area contributed by atoms with Gasteiger partial charge in [0.05, 0.1) is 23.4 Å². The molecule has 0 saturated carbocycles. The molecule has 0 amide bonds. The van der Waals surface area contributed by atoms with Gasteiger partial charge in [-0.25, -0.2) is 4.98 Å². The van der Waals surface area contributed by atoms with Gasteiger partial charge in [-0.15, -0.1) is 11.3 Å². The zero-order chi connectivity index (χ0) is 12.4. The van der Waals surface area contributed by atoms with E-state index in [2.05, 4.69) is 18.8 Å². The molecule has 3 nitrogen and oxygen atoms in total. The Balaban J connectivity index is 2.37. The molecule has 0 bridgehead atoms. The van der Waals surface area contributed by atoms with Crippen molar-refractivity contribution in [3.8, 4) is 5.75 Å². The first-order valence-electron chi connectivity index (χ1n) is 5.85. The molecule has 1 heterocycles. The molecule has 0 fully saturated rings. The molecular weight excluding hydrogens is 232 g/mol. The number of aromatic nitrogens is 1. The number of nitrogens with zero attached hydrogens (tertiary/aromatic N) is 1. The highest BCUT2D eigenvalue weighted by atomic mass is 32.1. The predicted molar refractivity (Wildman–Crippen MR) is 72.6 cm³/mol. The summed E-state index contributed by atoms with van der Waals surface area (Å²) in [5.41, 5.74) is 7.20. The van der Waals surface area contributed by atoms with Crippen molar-refractivity contribution >= 4 is 21.6 Å². The van der Waals surface area contributed by atoms with E-state index >= 15 is 0 Å². The number of thiazole rings is 1. The zero-order valence-electron chi connectivity index (χ0n) is 10.4. The Labute approximate surface area is 106 Å². The van der Waals surface area contributed by atoms with Gasteiger partial charge in [0.15, 0.2) is 0 Å². The average molecular weight is 250 g/mol. The fraction of sp³-hybridized carbons (Fsp3) is 0.462. The Kier molecular flexibility index (Phi) is 3.64. The molecule has 2 atom stereocenters. The van der Waals surface area contributed by atoms with Crippen molar-refractivity contribution in [1.29, 1.82) is 0 Å². The highest BCUT2D eigenvalue weighted by Gasteiger charge is 2.17. The Hall–Kier alpha value is -1.13. The Bertz CT molecular complexity index is 509. The van der Waals surface area contributed by atoms with Crippen LogP contribution in [0, 0.1) is 5.92 Å². The molecule has 0 saturated heterocycles. The van der Waals surface area contributed by atoms with Crippen LogP contribution in [-0.4, -0.2) is 12.1 Å². The normalized spacial score (nSPS) is 14.8. The quantitative estimate of drug-likeness (QED) is 0.905. The van der Waals surface area contributed by atoms with E-state index in [0.717, 1.165) is 27.4 Å². The summed E-state index contributed by atoms with van der Waals surface area (Å²) in [7, 11) is 1.67. The number of benzene rings is 1. The summed E-state index contributed by atoms with van der Waals surface area (Å²) in [5.74, 6) is 1.32. The van der Waals surface area contributed by atoms with Crippen LogP contribution in [-0.2, 0) is 0 Å². The molecule has 0 aliphatic carbocycles. The minimum absolute atomic E-state index is 0.0309. The molecule has 17 heavy (non-hydrogen) atoms. The fourth-order valence-electron chi connectivity index (χ4n) is 1.69. The van der Waals surface area contributed by atoms with Crippen molar-refractivity contribution in [2.75, 3.05) is 7.11 Å². The highest BCUT2D eigenvalue weighted by Crippen LogP contribution is 2.31. The molecule has 2 aromatic rings. The van der Waals surface area contributed by atoms with Crippen molar-refractivity contribution in [1.82, 2.24) is 4.98 Å². The smallest absolute Gasteiger partial charge is 0.120 e. The van der Waals surface area contributed by atoms with Gasteiger partial charge < -0.3 is 10.5 Å². The predicted octanol–water partition coefficient (Wildman–Crippen LogP) is 3.35. The molecule has 0 aliphatic rings. The summed E-state index contributed by atoms with van der Waals surface area (Å²) < 4.78 is 6.35. The Morgan fingerprint density at radius 1 is 1.47 bits per heavy atom. The lowest BCUT2D eigenvalue weighted by molar-refractivity contribution is 0.415. The third-order valence-corrected chi connectivity index (χ3v) is 4.27. The first-order valence-corrected chi connectivity index (χ1v) is 6.67. The maximum absolute atomic E-state index is 6.20. The molecule has 4 heteroatoms. The summed E-state index contributed by atoms with van der Waals surface area (Å²) >= 11 is 1.66. The van der Waals surface area contributed by atoms with Crippen molar-refractivity contribution in [3.63, 3.8) is 0 Å². The number of hydrogen-bond donors (Lipinski definition) is 1. The minimum atomic E-state index is 0.0309. The van der Waals surface area contributed by atoms with Gasteiger partial charge in [-0.2, -0.15) is 0 Å². The molecule has 92 valence electrons. The average Bonchev–Trinajstić information content (AvgIpc) is 2.79. The van der Waals surface area contributed by atoms with E-state index in [4.69, 9.17) is 10.5 Å². The van der Waals surface area contributed by atoms with Crippen LogP contribution in [0.3, 0.4) is 0 Å². The van der Waals surface area contributed by atoms with Crippen LogP contribution in [0.25, 0.3) is 10.2 Å². The van der Waals surface area contributed by atoms with E-state index in [1.807, 2.05) is 18.2 Å². The van der Waals surface area contributed by atoms with Crippen molar-refractivity contribution in [2.45, 2.75) is 26.3 Å². The summed E-state index contributed by atoms with van der Waals surface area (Å²) in [4.78, 5) is 4.60. The van der Waals surface area contributed by atoms with Crippen molar-refractivity contribution in [2.24, 2.45) is 11.7 Å². The number of fused-ring (bicyclic) bond motifs is 1. The molecule has 1 aromatic carbocycles. The first-order chi connectivity index (χ1) is 8.15. The third-order valence-electron chi connectivity index (χ3n) is 3.15. The Morgan fingerprint density at radius 3 is 2.88 bits per heavy atom. The van der Waals surface area contributed by atoms with E-state index in [9.17, 15) is 0 Å². The number of nitrogens with two attached hydrogens (primary N) is 1. The second-order valence-corrected chi connectivity index (χ2v) is 5.36.